The summed E-state index contributed by atoms with van der Waals surface area (Å²) in [7, 11) is 1.59. The largest absolute Gasteiger partial charge is 0.497 e. The Labute approximate surface area is 268 Å². The summed E-state index contributed by atoms with van der Waals surface area (Å²) in [5.74, 6) is -0.521. The molecule has 2 aliphatic rings. The fourth-order valence-electron chi connectivity index (χ4n) is 5.70. The van der Waals surface area contributed by atoms with Crippen molar-refractivity contribution in [3.63, 3.8) is 0 Å². The van der Waals surface area contributed by atoms with Crippen LogP contribution in [0, 0.1) is 12.8 Å². The van der Waals surface area contributed by atoms with Crippen molar-refractivity contribution in [1.29, 1.82) is 0 Å². The van der Waals surface area contributed by atoms with E-state index < -0.39 is 12.0 Å². The van der Waals surface area contributed by atoms with Crippen LogP contribution >= 0.6 is 11.8 Å². The van der Waals surface area contributed by atoms with Gasteiger partial charge in [-0.15, -0.1) is 0 Å². The third-order valence-electron chi connectivity index (χ3n) is 8.29. The molecule has 8 nitrogen and oxygen atoms in total. The monoisotopic (exact) mass is 625 g/mol. The van der Waals surface area contributed by atoms with Crippen LogP contribution in [0.3, 0.4) is 0 Å². The minimum atomic E-state index is -0.539. The Balaban J connectivity index is 1.29. The number of benzene rings is 3. The summed E-state index contributed by atoms with van der Waals surface area (Å²) in [6, 6.07) is 22.5. The highest BCUT2D eigenvalue weighted by Crippen LogP contribution is 2.41. The molecule has 45 heavy (non-hydrogen) atoms. The average molecular weight is 626 g/mol. The summed E-state index contributed by atoms with van der Waals surface area (Å²) in [6.45, 7) is 8.56. The molecule has 2 saturated heterocycles. The second-order valence-corrected chi connectivity index (χ2v) is 13.5. The molecule has 0 spiro atoms. The van der Waals surface area contributed by atoms with Gasteiger partial charge in [0.15, 0.2) is 0 Å². The Morgan fingerprint density at radius 1 is 0.978 bits per heavy atom. The molecule has 2 heterocycles. The number of methoxy groups -OCH3 is 1. The smallest absolute Gasteiger partial charge is 0.293 e. The second-order valence-electron chi connectivity index (χ2n) is 12.5. The molecule has 234 valence electrons. The lowest BCUT2D eigenvalue weighted by Crippen LogP contribution is -2.49. The number of nitrogens with zero attached hydrogens (tertiary/aromatic N) is 2. The first-order valence-corrected chi connectivity index (χ1v) is 15.9. The molecule has 3 aromatic rings. The molecule has 1 N–H and O–H groups in total. The summed E-state index contributed by atoms with van der Waals surface area (Å²) in [5, 5.41) is 2.58. The van der Waals surface area contributed by atoms with Gasteiger partial charge in [-0.3, -0.25) is 24.1 Å². The van der Waals surface area contributed by atoms with E-state index in [1.165, 1.54) is 10.5 Å². The number of carbonyl (C=O) groups is 4. The molecule has 0 aromatic heterocycles. The van der Waals surface area contributed by atoms with Gasteiger partial charge >= 0.3 is 0 Å². The molecule has 0 bridgehead atoms. The van der Waals surface area contributed by atoms with Crippen LogP contribution < -0.4 is 15.0 Å². The lowest BCUT2D eigenvalue weighted by Gasteiger charge is -2.41. The highest BCUT2D eigenvalue weighted by molar-refractivity contribution is 8.18. The van der Waals surface area contributed by atoms with Gasteiger partial charge in [0.1, 0.15) is 5.75 Å². The van der Waals surface area contributed by atoms with E-state index in [0.29, 0.717) is 17.1 Å². The molecule has 2 aliphatic heterocycles. The maximum absolute atomic E-state index is 13.7. The van der Waals surface area contributed by atoms with Crippen molar-refractivity contribution >= 4 is 46.5 Å². The quantitative estimate of drug-likeness (QED) is 0.282. The minimum absolute atomic E-state index is 0.0155. The van der Waals surface area contributed by atoms with Crippen LogP contribution in [0.15, 0.2) is 77.7 Å². The van der Waals surface area contributed by atoms with Crippen LogP contribution in [-0.4, -0.2) is 48.1 Å². The third kappa shape index (κ3) is 7.14. The number of aryl methyl sites for hydroxylation is 1. The Kier molecular flexibility index (Phi) is 9.48. The van der Waals surface area contributed by atoms with Crippen LogP contribution in [0.25, 0.3) is 6.08 Å². The first kappa shape index (κ1) is 32.0. The maximum Gasteiger partial charge on any atom is 0.293 e. The number of piperidine rings is 1. The number of amides is 4. The first-order valence-electron chi connectivity index (χ1n) is 15.1. The number of hydrogen-bond acceptors (Lipinski definition) is 6. The van der Waals surface area contributed by atoms with E-state index in [2.05, 4.69) is 26.1 Å². The van der Waals surface area contributed by atoms with E-state index in [-0.39, 0.29) is 47.9 Å². The highest BCUT2D eigenvalue weighted by Gasteiger charge is 2.42. The molecule has 0 saturated carbocycles. The summed E-state index contributed by atoms with van der Waals surface area (Å²) >= 11 is 0.904. The number of imide groups is 1. The number of rotatable bonds is 8. The number of ether oxygens (including phenoxy) is 1. The molecule has 5 rings (SSSR count). The van der Waals surface area contributed by atoms with Crippen LogP contribution in [0.1, 0.15) is 61.9 Å². The normalized spacial score (nSPS) is 19.8. The van der Waals surface area contributed by atoms with Crippen LogP contribution in [0.4, 0.5) is 10.5 Å². The van der Waals surface area contributed by atoms with E-state index in [1.807, 2.05) is 79.7 Å². The fourth-order valence-corrected chi connectivity index (χ4v) is 6.57. The lowest BCUT2D eigenvalue weighted by molar-refractivity contribution is -0.130. The Morgan fingerprint density at radius 2 is 1.64 bits per heavy atom. The molecule has 2 fully saturated rings. The predicted octanol–water partition coefficient (Wildman–Crippen LogP) is 6.64. The number of nitrogens with one attached hydrogen (secondary N) is 1. The summed E-state index contributed by atoms with van der Waals surface area (Å²) in [6.07, 6.45) is 2.33. The molecule has 2 unspecified atom stereocenters. The number of carbonyl (C=O) groups excluding carboxylic acids is 4. The van der Waals surface area contributed by atoms with Crippen molar-refractivity contribution in [2.45, 2.75) is 52.0 Å². The third-order valence-corrected chi connectivity index (χ3v) is 9.19. The van der Waals surface area contributed by atoms with Gasteiger partial charge < -0.3 is 15.0 Å². The summed E-state index contributed by atoms with van der Waals surface area (Å²) in [4.78, 5) is 56.1. The van der Waals surface area contributed by atoms with Gasteiger partial charge in [-0.05, 0) is 77.6 Å². The number of thioether (sulfide) groups is 1. The van der Waals surface area contributed by atoms with Gasteiger partial charge in [0.05, 0.1) is 24.0 Å². The van der Waals surface area contributed by atoms with E-state index in [4.69, 9.17) is 4.74 Å². The van der Waals surface area contributed by atoms with Crippen molar-refractivity contribution in [2.24, 2.45) is 5.92 Å². The predicted molar refractivity (Wildman–Crippen MR) is 178 cm³/mol. The molecule has 0 aliphatic carbocycles. The maximum atomic E-state index is 13.7. The molecular weight excluding hydrogens is 586 g/mol. The summed E-state index contributed by atoms with van der Waals surface area (Å²) in [5.41, 5.74) is 4.65. The molecule has 0 radical (unpaired) electrons. The Hall–Kier alpha value is -4.37. The van der Waals surface area contributed by atoms with Crippen molar-refractivity contribution in [3.8, 4) is 5.75 Å². The standard InChI is InChI=1S/C36H39N3O5S/c1-23-6-14-27(15-7-23)39-31(40)19-18-29(32(39)25-10-16-28(44-5)17-11-25)33(41)37-20-21-38-34(42)30(45-35(38)43)22-24-8-12-26(13-9-24)36(2,3)4/h6-17,22,29,32H,18-21H2,1-5H3,(H,37,41)/b30-22+. The SMILES string of the molecule is COc1ccc(C2C(C(=O)NCCN3C(=O)S/C(=C/c4ccc(C(C)(C)C)cc4)C3=O)CCC(=O)N2c2ccc(C)cc2)cc1. The van der Waals surface area contributed by atoms with Gasteiger partial charge in [-0.1, -0.05) is 74.9 Å². The van der Waals surface area contributed by atoms with Crippen LogP contribution in [0.5, 0.6) is 5.75 Å². The number of hydrogen-bond donors (Lipinski definition) is 1. The zero-order chi connectivity index (χ0) is 32.3. The van der Waals surface area contributed by atoms with E-state index >= 15 is 0 Å². The van der Waals surface area contributed by atoms with E-state index in [1.54, 1.807) is 18.1 Å². The molecular formula is C36H39N3O5S. The van der Waals surface area contributed by atoms with Crippen molar-refractivity contribution in [2.75, 3.05) is 25.1 Å². The molecule has 9 heteroatoms. The van der Waals surface area contributed by atoms with Gasteiger partial charge in [-0.2, -0.15) is 0 Å². The zero-order valence-electron chi connectivity index (χ0n) is 26.3. The second kappa shape index (κ2) is 13.3. The fraction of sp³-hybridized carbons (Fsp3) is 0.333. The average Bonchev–Trinajstić information content (AvgIpc) is 3.28. The van der Waals surface area contributed by atoms with Crippen LogP contribution in [-0.2, 0) is 19.8 Å². The van der Waals surface area contributed by atoms with Crippen molar-refractivity contribution < 1.29 is 23.9 Å². The Morgan fingerprint density at radius 3 is 2.27 bits per heavy atom. The Bertz CT molecular complexity index is 1610. The van der Waals surface area contributed by atoms with E-state index in [9.17, 15) is 19.2 Å². The van der Waals surface area contributed by atoms with E-state index in [0.717, 1.165) is 34.1 Å². The first-order chi connectivity index (χ1) is 21.5. The number of anilines is 1. The van der Waals surface area contributed by atoms with Crippen molar-refractivity contribution in [3.05, 3.63) is 100.0 Å². The van der Waals surface area contributed by atoms with Gasteiger partial charge in [0.25, 0.3) is 11.1 Å². The molecule has 2 atom stereocenters. The molecule has 4 amide bonds. The highest BCUT2D eigenvalue weighted by atomic mass is 32.2. The van der Waals surface area contributed by atoms with Crippen molar-refractivity contribution in [1.82, 2.24) is 10.2 Å². The van der Waals surface area contributed by atoms with Gasteiger partial charge in [0, 0.05) is 25.2 Å². The molecule has 3 aromatic carbocycles. The zero-order valence-corrected chi connectivity index (χ0v) is 27.1. The lowest BCUT2D eigenvalue weighted by atomic mass is 9.83. The van der Waals surface area contributed by atoms with Gasteiger partial charge in [0.2, 0.25) is 11.8 Å². The summed E-state index contributed by atoms with van der Waals surface area (Å²) < 4.78 is 5.33. The van der Waals surface area contributed by atoms with Gasteiger partial charge in [-0.25, -0.2) is 0 Å². The van der Waals surface area contributed by atoms with Crippen LogP contribution in [0.2, 0.25) is 0 Å². The topological polar surface area (TPSA) is 96.0 Å². The minimum Gasteiger partial charge on any atom is -0.497 e.